The smallest absolute Gasteiger partial charge is 0.122 e. The zero-order chi connectivity index (χ0) is 13.9. The normalized spacial score (nSPS) is 12.4. The summed E-state index contributed by atoms with van der Waals surface area (Å²) in [6.45, 7) is 5.12. The van der Waals surface area contributed by atoms with Crippen molar-refractivity contribution in [2.45, 2.75) is 26.2 Å². The molecular formula is C16H27NO2. The van der Waals surface area contributed by atoms with Gasteiger partial charge in [0.2, 0.25) is 0 Å². The Morgan fingerprint density at radius 1 is 1.21 bits per heavy atom. The standard InChI is InChI=1S/C16H27NO2/c1-4-10-17-13-14(9-11-18-2)12-15-7-5-6-8-16(15)19-3/h5-8,14,17H,4,9-13H2,1-3H3. The molecule has 0 heterocycles. The summed E-state index contributed by atoms with van der Waals surface area (Å²) >= 11 is 0. The van der Waals surface area contributed by atoms with Gasteiger partial charge in [-0.05, 0) is 49.9 Å². The van der Waals surface area contributed by atoms with Crippen LogP contribution in [0.1, 0.15) is 25.3 Å². The minimum atomic E-state index is 0.586. The molecule has 1 N–H and O–H groups in total. The number of rotatable bonds is 10. The molecule has 1 atom stereocenters. The van der Waals surface area contributed by atoms with Crippen molar-refractivity contribution in [1.82, 2.24) is 5.32 Å². The number of methoxy groups -OCH3 is 2. The lowest BCUT2D eigenvalue weighted by Gasteiger charge is -2.18. The van der Waals surface area contributed by atoms with Crippen molar-refractivity contribution in [2.75, 3.05) is 33.9 Å². The van der Waals surface area contributed by atoms with Crippen LogP contribution in [0.4, 0.5) is 0 Å². The molecule has 0 aromatic heterocycles. The number of hydrogen-bond acceptors (Lipinski definition) is 3. The summed E-state index contributed by atoms with van der Waals surface area (Å²) in [6, 6.07) is 8.27. The lowest BCUT2D eigenvalue weighted by molar-refractivity contribution is 0.176. The van der Waals surface area contributed by atoms with Gasteiger partial charge < -0.3 is 14.8 Å². The zero-order valence-electron chi connectivity index (χ0n) is 12.4. The SMILES string of the molecule is CCCNCC(CCOC)Cc1ccccc1OC. The third-order valence-corrected chi connectivity index (χ3v) is 3.29. The summed E-state index contributed by atoms with van der Waals surface area (Å²) in [4.78, 5) is 0. The lowest BCUT2D eigenvalue weighted by atomic mass is 9.95. The first-order valence-corrected chi connectivity index (χ1v) is 7.13. The Hall–Kier alpha value is -1.06. The molecule has 0 fully saturated rings. The van der Waals surface area contributed by atoms with Crippen LogP contribution in [-0.2, 0) is 11.2 Å². The minimum absolute atomic E-state index is 0.586. The van der Waals surface area contributed by atoms with Crippen molar-refractivity contribution in [3.05, 3.63) is 29.8 Å². The molecule has 0 aliphatic rings. The molecule has 0 spiro atoms. The first kappa shape index (κ1) is 16.0. The van der Waals surface area contributed by atoms with Crippen LogP contribution in [0.2, 0.25) is 0 Å². The van der Waals surface area contributed by atoms with E-state index in [-0.39, 0.29) is 0 Å². The first-order chi connectivity index (χ1) is 9.31. The highest BCUT2D eigenvalue weighted by molar-refractivity contribution is 5.33. The van der Waals surface area contributed by atoms with Gasteiger partial charge in [0.1, 0.15) is 5.75 Å². The van der Waals surface area contributed by atoms with E-state index in [1.807, 2.05) is 12.1 Å². The molecule has 1 rings (SSSR count). The fraction of sp³-hybridized carbons (Fsp3) is 0.625. The zero-order valence-corrected chi connectivity index (χ0v) is 12.4. The Morgan fingerprint density at radius 3 is 2.68 bits per heavy atom. The topological polar surface area (TPSA) is 30.5 Å². The minimum Gasteiger partial charge on any atom is -0.496 e. The van der Waals surface area contributed by atoms with Crippen molar-refractivity contribution in [1.29, 1.82) is 0 Å². The quantitative estimate of drug-likeness (QED) is 0.660. The Balaban J connectivity index is 2.58. The third kappa shape index (κ3) is 6.08. The number of ether oxygens (including phenoxy) is 2. The summed E-state index contributed by atoms with van der Waals surface area (Å²) in [5, 5.41) is 3.51. The Bertz CT molecular complexity index is 341. The van der Waals surface area contributed by atoms with Crippen molar-refractivity contribution >= 4 is 0 Å². The van der Waals surface area contributed by atoms with E-state index >= 15 is 0 Å². The predicted octanol–water partition coefficient (Wildman–Crippen LogP) is 2.89. The van der Waals surface area contributed by atoms with Crippen molar-refractivity contribution in [2.24, 2.45) is 5.92 Å². The molecule has 0 radical (unpaired) electrons. The second-order valence-electron chi connectivity index (χ2n) is 4.87. The molecule has 3 nitrogen and oxygen atoms in total. The molecular weight excluding hydrogens is 238 g/mol. The largest absolute Gasteiger partial charge is 0.496 e. The van der Waals surface area contributed by atoms with Gasteiger partial charge in [-0.15, -0.1) is 0 Å². The van der Waals surface area contributed by atoms with E-state index in [4.69, 9.17) is 9.47 Å². The van der Waals surface area contributed by atoms with E-state index in [0.29, 0.717) is 5.92 Å². The molecule has 0 amide bonds. The van der Waals surface area contributed by atoms with E-state index in [9.17, 15) is 0 Å². The Morgan fingerprint density at radius 2 is 2.00 bits per heavy atom. The molecule has 0 saturated carbocycles. The van der Waals surface area contributed by atoms with Crippen LogP contribution < -0.4 is 10.1 Å². The Kier molecular flexibility index (Phi) is 8.26. The lowest BCUT2D eigenvalue weighted by Crippen LogP contribution is -2.26. The molecule has 3 heteroatoms. The maximum Gasteiger partial charge on any atom is 0.122 e. The monoisotopic (exact) mass is 265 g/mol. The summed E-state index contributed by atoms with van der Waals surface area (Å²) in [6.07, 6.45) is 3.28. The average molecular weight is 265 g/mol. The molecule has 0 bridgehead atoms. The van der Waals surface area contributed by atoms with Gasteiger partial charge in [0.25, 0.3) is 0 Å². The van der Waals surface area contributed by atoms with E-state index in [1.54, 1.807) is 14.2 Å². The average Bonchev–Trinajstić information content (AvgIpc) is 2.45. The second-order valence-corrected chi connectivity index (χ2v) is 4.87. The van der Waals surface area contributed by atoms with Crippen molar-refractivity contribution in [3.8, 4) is 5.75 Å². The second kappa shape index (κ2) is 9.82. The Labute approximate surface area is 117 Å². The van der Waals surface area contributed by atoms with Crippen LogP contribution in [0.3, 0.4) is 0 Å². The molecule has 1 unspecified atom stereocenters. The van der Waals surface area contributed by atoms with Gasteiger partial charge in [-0.25, -0.2) is 0 Å². The van der Waals surface area contributed by atoms with Gasteiger partial charge in [-0.2, -0.15) is 0 Å². The number of nitrogens with one attached hydrogen (secondary N) is 1. The molecule has 0 aliphatic carbocycles. The maximum absolute atomic E-state index is 5.42. The predicted molar refractivity (Wildman–Crippen MR) is 79.8 cm³/mol. The van der Waals surface area contributed by atoms with E-state index in [2.05, 4.69) is 24.4 Å². The molecule has 1 aromatic carbocycles. The van der Waals surface area contributed by atoms with Gasteiger partial charge in [0, 0.05) is 13.7 Å². The fourth-order valence-electron chi connectivity index (χ4n) is 2.23. The molecule has 108 valence electrons. The summed E-state index contributed by atoms with van der Waals surface area (Å²) in [7, 11) is 3.50. The van der Waals surface area contributed by atoms with Crippen molar-refractivity contribution < 1.29 is 9.47 Å². The van der Waals surface area contributed by atoms with Gasteiger partial charge in [0.15, 0.2) is 0 Å². The third-order valence-electron chi connectivity index (χ3n) is 3.29. The van der Waals surface area contributed by atoms with Gasteiger partial charge in [-0.1, -0.05) is 25.1 Å². The van der Waals surface area contributed by atoms with Gasteiger partial charge in [0.05, 0.1) is 7.11 Å². The maximum atomic E-state index is 5.42. The molecule has 19 heavy (non-hydrogen) atoms. The van der Waals surface area contributed by atoms with Crippen molar-refractivity contribution in [3.63, 3.8) is 0 Å². The molecule has 0 aliphatic heterocycles. The number of benzene rings is 1. The first-order valence-electron chi connectivity index (χ1n) is 7.13. The van der Waals surface area contributed by atoms with E-state index < -0.39 is 0 Å². The highest BCUT2D eigenvalue weighted by atomic mass is 16.5. The summed E-state index contributed by atoms with van der Waals surface area (Å²) in [5.41, 5.74) is 1.28. The van der Waals surface area contributed by atoms with Crippen LogP contribution >= 0.6 is 0 Å². The molecule has 1 aromatic rings. The van der Waals surface area contributed by atoms with Crippen LogP contribution in [0.5, 0.6) is 5.75 Å². The summed E-state index contributed by atoms with van der Waals surface area (Å²) < 4.78 is 10.6. The number of hydrogen-bond donors (Lipinski definition) is 1. The molecule has 0 saturated heterocycles. The number of para-hydroxylation sites is 1. The van der Waals surface area contributed by atoms with E-state index in [1.165, 1.54) is 12.0 Å². The van der Waals surface area contributed by atoms with Crippen LogP contribution in [0, 0.1) is 5.92 Å². The van der Waals surface area contributed by atoms with Crippen LogP contribution in [-0.4, -0.2) is 33.9 Å². The summed E-state index contributed by atoms with van der Waals surface area (Å²) in [5.74, 6) is 1.57. The fourth-order valence-corrected chi connectivity index (χ4v) is 2.23. The highest BCUT2D eigenvalue weighted by Crippen LogP contribution is 2.22. The highest BCUT2D eigenvalue weighted by Gasteiger charge is 2.12. The van der Waals surface area contributed by atoms with Gasteiger partial charge >= 0.3 is 0 Å². The van der Waals surface area contributed by atoms with Crippen LogP contribution in [0.15, 0.2) is 24.3 Å². The van der Waals surface area contributed by atoms with Crippen LogP contribution in [0.25, 0.3) is 0 Å². The van der Waals surface area contributed by atoms with Gasteiger partial charge in [-0.3, -0.25) is 0 Å². The van der Waals surface area contributed by atoms with E-state index in [0.717, 1.165) is 38.3 Å².